The molecule has 18 heavy (non-hydrogen) atoms. The lowest BCUT2D eigenvalue weighted by Gasteiger charge is -2.21. The van der Waals surface area contributed by atoms with E-state index in [9.17, 15) is 14.7 Å². The van der Waals surface area contributed by atoms with Gasteiger partial charge >= 0.3 is 0 Å². The average Bonchev–Trinajstić information content (AvgIpc) is 2.58. The second-order valence-corrected chi connectivity index (χ2v) is 5.54. The molecular formula is C13H24N2O3. The fourth-order valence-corrected chi connectivity index (χ4v) is 2.34. The van der Waals surface area contributed by atoms with Crippen LogP contribution in [0, 0.1) is 5.92 Å². The third kappa shape index (κ3) is 3.98. The van der Waals surface area contributed by atoms with Crippen molar-refractivity contribution in [2.24, 2.45) is 5.92 Å². The van der Waals surface area contributed by atoms with E-state index in [0.29, 0.717) is 19.4 Å². The molecule has 0 bridgehead atoms. The van der Waals surface area contributed by atoms with Gasteiger partial charge < -0.3 is 15.3 Å². The van der Waals surface area contributed by atoms with Gasteiger partial charge in [-0.1, -0.05) is 0 Å². The van der Waals surface area contributed by atoms with E-state index in [-0.39, 0.29) is 29.8 Å². The van der Waals surface area contributed by atoms with Crippen LogP contribution in [0.15, 0.2) is 0 Å². The Morgan fingerprint density at radius 3 is 2.50 bits per heavy atom. The molecule has 0 aromatic heterocycles. The smallest absolute Gasteiger partial charge is 0.225 e. The van der Waals surface area contributed by atoms with Crippen LogP contribution < -0.4 is 5.32 Å². The summed E-state index contributed by atoms with van der Waals surface area (Å²) in [6.07, 6.45) is 0.392. The zero-order chi connectivity index (χ0) is 13.9. The number of carbonyl (C=O) groups excluding carboxylic acids is 2. The highest BCUT2D eigenvalue weighted by molar-refractivity contribution is 5.89. The Bertz CT molecular complexity index is 315. The first-order chi connectivity index (χ1) is 8.31. The van der Waals surface area contributed by atoms with E-state index in [1.165, 1.54) is 0 Å². The van der Waals surface area contributed by atoms with Crippen LogP contribution in [-0.4, -0.2) is 46.6 Å². The first-order valence-corrected chi connectivity index (χ1v) is 6.59. The van der Waals surface area contributed by atoms with Crippen molar-refractivity contribution >= 4 is 11.8 Å². The van der Waals surface area contributed by atoms with E-state index in [4.69, 9.17) is 0 Å². The summed E-state index contributed by atoms with van der Waals surface area (Å²) in [6, 6.07) is 0.0749. The molecule has 1 fully saturated rings. The van der Waals surface area contributed by atoms with Crippen molar-refractivity contribution in [1.82, 2.24) is 10.2 Å². The number of nitrogens with zero attached hydrogens (tertiary/aromatic N) is 1. The van der Waals surface area contributed by atoms with Gasteiger partial charge in [-0.05, 0) is 34.1 Å². The second-order valence-electron chi connectivity index (χ2n) is 5.54. The number of likely N-dealkylation sites (tertiary alicyclic amines) is 1. The summed E-state index contributed by atoms with van der Waals surface area (Å²) in [4.78, 5) is 25.4. The molecule has 0 spiro atoms. The van der Waals surface area contributed by atoms with Gasteiger partial charge in [-0.25, -0.2) is 0 Å². The molecule has 3 unspecified atom stereocenters. The SMILES string of the molecule is CC(O)CC(C)NC(=O)C1CC(=O)N(C(C)C)C1. The van der Waals surface area contributed by atoms with E-state index in [1.54, 1.807) is 11.8 Å². The van der Waals surface area contributed by atoms with Gasteiger partial charge in [-0.2, -0.15) is 0 Å². The van der Waals surface area contributed by atoms with Crippen LogP contribution in [0.4, 0.5) is 0 Å². The Balaban J connectivity index is 2.47. The topological polar surface area (TPSA) is 69.6 Å². The molecule has 1 heterocycles. The minimum absolute atomic E-state index is 0.0494. The number of aliphatic hydroxyl groups is 1. The molecule has 1 rings (SSSR count). The van der Waals surface area contributed by atoms with Crippen LogP contribution in [0.1, 0.15) is 40.5 Å². The molecule has 0 aliphatic carbocycles. The number of amides is 2. The van der Waals surface area contributed by atoms with Crippen molar-refractivity contribution in [2.75, 3.05) is 6.54 Å². The summed E-state index contributed by atoms with van der Waals surface area (Å²) in [5.41, 5.74) is 0. The maximum Gasteiger partial charge on any atom is 0.225 e. The van der Waals surface area contributed by atoms with Crippen LogP contribution in [-0.2, 0) is 9.59 Å². The lowest BCUT2D eigenvalue weighted by molar-refractivity contribution is -0.130. The van der Waals surface area contributed by atoms with Crippen molar-refractivity contribution in [3.8, 4) is 0 Å². The summed E-state index contributed by atoms with van der Waals surface area (Å²) in [5.74, 6) is -0.288. The Morgan fingerprint density at radius 2 is 2.06 bits per heavy atom. The minimum Gasteiger partial charge on any atom is -0.393 e. The Kier molecular flexibility index (Phi) is 5.14. The van der Waals surface area contributed by atoms with Crippen molar-refractivity contribution in [2.45, 2.75) is 58.7 Å². The van der Waals surface area contributed by atoms with Crippen LogP contribution in [0.5, 0.6) is 0 Å². The van der Waals surface area contributed by atoms with Gasteiger partial charge in [0.2, 0.25) is 11.8 Å². The summed E-state index contributed by atoms with van der Waals surface area (Å²) in [5, 5.41) is 12.1. The molecule has 1 aliphatic rings. The Morgan fingerprint density at radius 1 is 1.44 bits per heavy atom. The van der Waals surface area contributed by atoms with Gasteiger partial charge in [-0.15, -0.1) is 0 Å². The van der Waals surface area contributed by atoms with Crippen LogP contribution in [0.3, 0.4) is 0 Å². The normalized spacial score (nSPS) is 23.3. The number of hydrogen-bond acceptors (Lipinski definition) is 3. The number of hydrogen-bond donors (Lipinski definition) is 2. The molecule has 0 radical (unpaired) electrons. The molecule has 104 valence electrons. The predicted molar refractivity (Wildman–Crippen MR) is 68.9 cm³/mol. The lowest BCUT2D eigenvalue weighted by atomic mass is 10.1. The fourth-order valence-electron chi connectivity index (χ4n) is 2.34. The fraction of sp³-hybridized carbons (Fsp3) is 0.846. The van der Waals surface area contributed by atoms with Crippen LogP contribution in [0.25, 0.3) is 0 Å². The number of nitrogens with one attached hydrogen (secondary N) is 1. The quantitative estimate of drug-likeness (QED) is 0.753. The average molecular weight is 256 g/mol. The first-order valence-electron chi connectivity index (χ1n) is 6.59. The van der Waals surface area contributed by atoms with E-state index in [0.717, 1.165) is 0 Å². The summed E-state index contributed by atoms with van der Waals surface area (Å²) < 4.78 is 0. The first kappa shape index (κ1) is 15.0. The second kappa shape index (κ2) is 6.18. The van der Waals surface area contributed by atoms with Crippen LogP contribution >= 0.6 is 0 Å². The van der Waals surface area contributed by atoms with E-state index in [1.807, 2.05) is 20.8 Å². The van der Waals surface area contributed by atoms with Gasteiger partial charge in [0.15, 0.2) is 0 Å². The Hall–Kier alpha value is -1.10. The third-order valence-electron chi connectivity index (χ3n) is 3.24. The standard InChI is InChI=1S/C13H24N2O3/c1-8(2)15-7-11(6-12(15)17)13(18)14-9(3)5-10(4)16/h8-11,16H,5-7H2,1-4H3,(H,14,18). The van der Waals surface area contributed by atoms with E-state index < -0.39 is 6.10 Å². The van der Waals surface area contributed by atoms with Crippen LogP contribution in [0.2, 0.25) is 0 Å². The van der Waals surface area contributed by atoms with E-state index in [2.05, 4.69) is 5.32 Å². The lowest BCUT2D eigenvalue weighted by Crippen LogP contribution is -2.40. The van der Waals surface area contributed by atoms with Crippen molar-refractivity contribution in [3.63, 3.8) is 0 Å². The molecule has 2 N–H and O–H groups in total. The molecule has 0 aromatic carbocycles. The summed E-state index contributed by atoms with van der Waals surface area (Å²) >= 11 is 0. The molecule has 1 aliphatic heterocycles. The van der Waals surface area contributed by atoms with Crippen molar-refractivity contribution in [3.05, 3.63) is 0 Å². The summed E-state index contributed by atoms with van der Waals surface area (Å²) in [6.45, 7) is 7.97. The zero-order valence-electron chi connectivity index (χ0n) is 11.6. The maximum atomic E-state index is 12.0. The Labute approximate surface area is 109 Å². The molecular weight excluding hydrogens is 232 g/mol. The highest BCUT2D eigenvalue weighted by Crippen LogP contribution is 2.20. The highest BCUT2D eigenvalue weighted by Gasteiger charge is 2.35. The number of rotatable bonds is 5. The molecule has 5 heteroatoms. The van der Waals surface area contributed by atoms with Gasteiger partial charge in [-0.3, -0.25) is 9.59 Å². The number of carbonyl (C=O) groups is 2. The largest absolute Gasteiger partial charge is 0.393 e. The number of aliphatic hydroxyl groups excluding tert-OH is 1. The van der Waals surface area contributed by atoms with Gasteiger partial charge in [0, 0.05) is 25.0 Å². The third-order valence-corrected chi connectivity index (χ3v) is 3.24. The molecule has 5 nitrogen and oxygen atoms in total. The van der Waals surface area contributed by atoms with Crippen molar-refractivity contribution in [1.29, 1.82) is 0 Å². The van der Waals surface area contributed by atoms with Gasteiger partial charge in [0.1, 0.15) is 0 Å². The molecule has 0 aromatic rings. The molecule has 2 amide bonds. The zero-order valence-corrected chi connectivity index (χ0v) is 11.6. The predicted octanol–water partition coefficient (Wildman–Crippen LogP) is 0.519. The molecule has 3 atom stereocenters. The molecule has 0 saturated carbocycles. The minimum atomic E-state index is -0.433. The monoisotopic (exact) mass is 256 g/mol. The molecule has 1 saturated heterocycles. The van der Waals surface area contributed by atoms with E-state index >= 15 is 0 Å². The highest BCUT2D eigenvalue weighted by atomic mass is 16.3. The summed E-state index contributed by atoms with van der Waals surface area (Å²) in [7, 11) is 0. The van der Waals surface area contributed by atoms with Gasteiger partial charge in [0.25, 0.3) is 0 Å². The van der Waals surface area contributed by atoms with Gasteiger partial charge in [0.05, 0.1) is 12.0 Å². The maximum absolute atomic E-state index is 12.0. The van der Waals surface area contributed by atoms with Crippen molar-refractivity contribution < 1.29 is 14.7 Å².